The first kappa shape index (κ1) is 19.8. The molecule has 2 heterocycles. The number of benzene rings is 2. The average molecular weight is 392 g/mol. The van der Waals surface area contributed by atoms with E-state index in [-0.39, 0.29) is 12.4 Å². The lowest BCUT2D eigenvalue weighted by molar-refractivity contribution is 0.110. The Hall–Kier alpha value is -1.95. The fourth-order valence-electron chi connectivity index (χ4n) is 3.23. The summed E-state index contributed by atoms with van der Waals surface area (Å²) >= 11 is 0. The second-order valence-electron chi connectivity index (χ2n) is 6.68. The van der Waals surface area contributed by atoms with Crippen molar-refractivity contribution in [1.82, 2.24) is 5.32 Å². The fraction of sp³-hybridized carbons (Fsp3) is 0.429. The van der Waals surface area contributed by atoms with E-state index >= 15 is 0 Å². The Morgan fingerprint density at radius 2 is 1.70 bits per heavy atom. The minimum Gasteiger partial charge on any atom is -0.489 e. The summed E-state index contributed by atoms with van der Waals surface area (Å²) in [6.45, 7) is 4.39. The van der Waals surface area contributed by atoms with Gasteiger partial charge in [0, 0.05) is 19.7 Å². The molecular weight excluding hydrogens is 366 g/mol. The Bertz CT molecular complexity index is 717. The van der Waals surface area contributed by atoms with E-state index in [2.05, 4.69) is 17.4 Å². The third-order valence-electron chi connectivity index (χ3n) is 4.66. The molecule has 1 fully saturated rings. The largest absolute Gasteiger partial charge is 0.489 e. The molecule has 0 aromatic heterocycles. The molecule has 5 nitrogen and oxygen atoms in total. The SMILES string of the molecule is Cl.c1cc(OCc2ccc3c(c2)OCCO3)ccc1CNCC1CCCO1. The lowest BCUT2D eigenvalue weighted by atomic mass is 10.2. The number of halogens is 1. The maximum atomic E-state index is 5.89. The number of hydrogen-bond acceptors (Lipinski definition) is 5. The molecular formula is C21H26ClNO4. The van der Waals surface area contributed by atoms with Crippen LogP contribution in [-0.4, -0.2) is 32.5 Å². The highest BCUT2D eigenvalue weighted by Gasteiger charge is 2.14. The van der Waals surface area contributed by atoms with Crippen LogP contribution in [0.1, 0.15) is 24.0 Å². The summed E-state index contributed by atoms with van der Waals surface area (Å²) in [7, 11) is 0. The summed E-state index contributed by atoms with van der Waals surface area (Å²) in [6.07, 6.45) is 2.73. The predicted octanol–water partition coefficient (Wildman–Crippen LogP) is 3.73. The molecule has 0 bridgehead atoms. The van der Waals surface area contributed by atoms with E-state index in [1.165, 1.54) is 18.4 Å². The minimum absolute atomic E-state index is 0. The zero-order valence-electron chi connectivity index (χ0n) is 15.3. The maximum absolute atomic E-state index is 5.89. The van der Waals surface area contributed by atoms with Crippen LogP contribution in [0.3, 0.4) is 0 Å². The zero-order valence-corrected chi connectivity index (χ0v) is 16.1. The van der Waals surface area contributed by atoms with Gasteiger partial charge >= 0.3 is 0 Å². The van der Waals surface area contributed by atoms with Crippen LogP contribution in [0.15, 0.2) is 42.5 Å². The van der Waals surface area contributed by atoms with Gasteiger partial charge < -0.3 is 24.3 Å². The summed E-state index contributed by atoms with van der Waals surface area (Å²) < 4.78 is 22.7. The second kappa shape index (κ2) is 9.83. The molecule has 0 amide bonds. The summed E-state index contributed by atoms with van der Waals surface area (Å²) in [6, 6.07) is 14.2. The van der Waals surface area contributed by atoms with Crippen LogP contribution >= 0.6 is 12.4 Å². The molecule has 2 aliphatic rings. The molecule has 2 aromatic carbocycles. The van der Waals surface area contributed by atoms with Crippen LogP contribution in [0.5, 0.6) is 17.2 Å². The third-order valence-corrected chi connectivity index (χ3v) is 4.66. The fourth-order valence-corrected chi connectivity index (χ4v) is 3.23. The Morgan fingerprint density at radius 3 is 2.48 bits per heavy atom. The Labute approximate surface area is 166 Å². The van der Waals surface area contributed by atoms with Gasteiger partial charge in [0.25, 0.3) is 0 Å². The first-order valence-electron chi connectivity index (χ1n) is 9.29. The summed E-state index contributed by atoms with van der Waals surface area (Å²) in [5, 5.41) is 3.46. The first-order chi connectivity index (χ1) is 12.9. The van der Waals surface area contributed by atoms with Gasteiger partial charge in [-0.1, -0.05) is 18.2 Å². The summed E-state index contributed by atoms with van der Waals surface area (Å²) in [4.78, 5) is 0. The highest BCUT2D eigenvalue weighted by atomic mass is 35.5. The van der Waals surface area contributed by atoms with Gasteiger partial charge in [-0.2, -0.15) is 0 Å². The van der Waals surface area contributed by atoms with E-state index < -0.39 is 0 Å². The first-order valence-corrected chi connectivity index (χ1v) is 9.29. The van der Waals surface area contributed by atoms with Gasteiger partial charge in [-0.05, 0) is 48.2 Å². The maximum Gasteiger partial charge on any atom is 0.161 e. The molecule has 1 N–H and O–H groups in total. The highest BCUT2D eigenvalue weighted by Crippen LogP contribution is 2.31. The molecule has 0 saturated carbocycles. The van der Waals surface area contributed by atoms with Gasteiger partial charge in [0.05, 0.1) is 6.10 Å². The van der Waals surface area contributed by atoms with Crippen LogP contribution in [0, 0.1) is 0 Å². The number of hydrogen-bond donors (Lipinski definition) is 1. The van der Waals surface area contributed by atoms with Crippen LogP contribution in [-0.2, 0) is 17.9 Å². The second-order valence-corrected chi connectivity index (χ2v) is 6.68. The third kappa shape index (κ3) is 5.51. The van der Waals surface area contributed by atoms with Gasteiger partial charge in [0.1, 0.15) is 25.6 Å². The van der Waals surface area contributed by atoms with E-state index in [1.54, 1.807) is 0 Å². The van der Waals surface area contributed by atoms with Crippen LogP contribution in [0.4, 0.5) is 0 Å². The number of ether oxygens (including phenoxy) is 4. The molecule has 27 heavy (non-hydrogen) atoms. The molecule has 2 aliphatic heterocycles. The molecule has 0 aliphatic carbocycles. The minimum atomic E-state index is 0. The topological polar surface area (TPSA) is 49.0 Å². The molecule has 4 rings (SSSR count). The van der Waals surface area contributed by atoms with Crippen molar-refractivity contribution in [2.45, 2.75) is 32.1 Å². The van der Waals surface area contributed by atoms with Gasteiger partial charge in [-0.25, -0.2) is 0 Å². The molecule has 2 aromatic rings. The average Bonchev–Trinajstić information content (AvgIpc) is 3.21. The van der Waals surface area contributed by atoms with E-state index in [0.29, 0.717) is 25.9 Å². The predicted molar refractivity (Wildman–Crippen MR) is 106 cm³/mol. The summed E-state index contributed by atoms with van der Waals surface area (Å²) in [5.74, 6) is 2.47. The smallest absolute Gasteiger partial charge is 0.161 e. The van der Waals surface area contributed by atoms with Gasteiger partial charge in [-0.3, -0.25) is 0 Å². The number of nitrogens with one attached hydrogen (secondary N) is 1. The molecule has 6 heteroatoms. The molecule has 1 saturated heterocycles. The Morgan fingerprint density at radius 1 is 0.926 bits per heavy atom. The molecule has 1 atom stereocenters. The van der Waals surface area contributed by atoms with Crippen molar-refractivity contribution >= 4 is 12.4 Å². The number of fused-ring (bicyclic) bond motifs is 1. The van der Waals surface area contributed by atoms with Gasteiger partial charge in [0.2, 0.25) is 0 Å². The van der Waals surface area contributed by atoms with Crippen LogP contribution < -0.4 is 19.5 Å². The molecule has 0 radical (unpaired) electrons. The van der Waals surface area contributed by atoms with Crippen LogP contribution in [0.2, 0.25) is 0 Å². The Balaban J connectivity index is 0.00000210. The normalized spacial score (nSPS) is 18.0. The van der Waals surface area contributed by atoms with Gasteiger partial charge in [-0.15, -0.1) is 12.4 Å². The summed E-state index contributed by atoms with van der Waals surface area (Å²) in [5.41, 5.74) is 2.31. The number of rotatable bonds is 7. The molecule has 1 unspecified atom stereocenters. The Kier molecular flexibility index (Phi) is 7.21. The van der Waals surface area contributed by atoms with E-state index in [4.69, 9.17) is 18.9 Å². The van der Waals surface area contributed by atoms with Crippen molar-refractivity contribution in [3.63, 3.8) is 0 Å². The zero-order chi connectivity index (χ0) is 17.6. The van der Waals surface area contributed by atoms with Crippen LogP contribution in [0.25, 0.3) is 0 Å². The lowest BCUT2D eigenvalue weighted by Gasteiger charge is -2.19. The van der Waals surface area contributed by atoms with Crippen molar-refractivity contribution < 1.29 is 18.9 Å². The lowest BCUT2D eigenvalue weighted by Crippen LogP contribution is -2.25. The van der Waals surface area contributed by atoms with Crippen molar-refractivity contribution in [1.29, 1.82) is 0 Å². The van der Waals surface area contributed by atoms with E-state index in [9.17, 15) is 0 Å². The molecule has 0 spiro atoms. The van der Waals surface area contributed by atoms with E-state index in [0.717, 1.165) is 42.5 Å². The van der Waals surface area contributed by atoms with Gasteiger partial charge in [0.15, 0.2) is 11.5 Å². The monoisotopic (exact) mass is 391 g/mol. The van der Waals surface area contributed by atoms with Crippen molar-refractivity contribution in [3.8, 4) is 17.2 Å². The van der Waals surface area contributed by atoms with Crippen molar-refractivity contribution in [2.24, 2.45) is 0 Å². The van der Waals surface area contributed by atoms with Crippen molar-refractivity contribution in [3.05, 3.63) is 53.6 Å². The quantitative estimate of drug-likeness (QED) is 0.779. The highest BCUT2D eigenvalue weighted by molar-refractivity contribution is 5.85. The van der Waals surface area contributed by atoms with E-state index in [1.807, 2.05) is 30.3 Å². The molecule has 146 valence electrons. The standard InChI is InChI=1S/C21H25NO4.ClH/c1-2-19(23-9-1)14-22-13-16-3-6-18(7-4-16)26-15-17-5-8-20-21(12-17)25-11-10-24-20;/h3-8,12,19,22H,1-2,9-11,13-15H2;1H. The van der Waals surface area contributed by atoms with Crippen molar-refractivity contribution in [2.75, 3.05) is 26.4 Å².